The zero-order chi connectivity index (χ0) is 32.7. The highest BCUT2D eigenvalue weighted by Crippen LogP contribution is 2.77. The zero-order valence-electron chi connectivity index (χ0n) is 29.1. The van der Waals surface area contributed by atoms with E-state index in [-0.39, 0.29) is 52.2 Å². The van der Waals surface area contributed by atoms with Gasteiger partial charge in [-0.1, -0.05) is 46.8 Å². The summed E-state index contributed by atoms with van der Waals surface area (Å²) in [5.41, 5.74) is 1.96. The molecule has 5 aliphatic carbocycles. The Morgan fingerprint density at radius 3 is 2.29 bits per heavy atom. The van der Waals surface area contributed by atoms with E-state index in [1.807, 2.05) is 0 Å². The first-order valence-electron chi connectivity index (χ1n) is 18.1. The number of allylic oxidation sites excluding steroid dienone is 1. The van der Waals surface area contributed by atoms with Crippen molar-refractivity contribution in [3.63, 3.8) is 0 Å². The molecule has 0 aromatic rings. The van der Waals surface area contributed by atoms with Gasteiger partial charge in [0.25, 0.3) is 0 Å². The quantitative estimate of drug-likeness (QED) is 0.230. The molecule has 0 amide bonds. The SMILES string of the molecule is C=C(C)[C@@H]1CC[C@]2(COC(C)=O)CC[C@]3(C)[C@H](CC[C@@H]4[C@@]5(C)CCC(O[C@@H]6CC(O)O[C@H](CO)[C@@H]6O)C(C)(C)[C@@H]5CC[C@]43C)[C@@H]12. The third-order valence-corrected chi connectivity index (χ3v) is 15.8. The molecule has 0 radical (unpaired) electrons. The van der Waals surface area contributed by atoms with Crippen LogP contribution in [0.15, 0.2) is 12.2 Å². The highest BCUT2D eigenvalue weighted by molar-refractivity contribution is 5.65. The predicted octanol–water partition coefficient (Wildman–Crippen LogP) is 6.42. The van der Waals surface area contributed by atoms with Gasteiger partial charge in [-0.3, -0.25) is 4.79 Å². The van der Waals surface area contributed by atoms with E-state index in [4.69, 9.17) is 14.2 Å². The third-order valence-electron chi connectivity index (χ3n) is 15.8. The number of ether oxygens (including phenoxy) is 3. The number of esters is 1. The van der Waals surface area contributed by atoms with Gasteiger partial charge in [0.15, 0.2) is 6.29 Å². The maximum atomic E-state index is 12.0. The van der Waals surface area contributed by atoms with Gasteiger partial charge in [0, 0.05) is 18.8 Å². The van der Waals surface area contributed by atoms with Crippen LogP contribution < -0.4 is 0 Å². The van der Waals surface area contributed by atoms with Crippen molar-refractivity contribution in [2.24, 2.45) is 56.7 Å². The van der Waals surface area contributed by atoms with E-state index in [9.17, 15) is 20.1 Å². The lowest BCUT2D eigenvalue weighted by Crippen LogP contribution is -2.67. The van der Waals surface area contributed by atoms with Crippen molar-refractivity contribution < 1.29 is 34.3 Å². The molecule has 3 N–H and O–H groups in total. The Hall–Kier alpha value is -0.990. The van der Waals surface area contributed by atoms with Crippen LogP contribution in [0.1, 0.15) is 119 Å². The Morgan fingerprint density at radius 1 is 0.889 bits per heavy atom. The minimum absolute atomic E-state index is 0.0254. The third kappa shape index (κ3) is 5.02. The average Bonchev–Trinajstić information content (AvgIpc) is 3.36. The van der Waals surface area contributed by atoms with Gasteiger partial charge in [0.1, 0.15) is 12.2 Å². The molecular formula is C38H62O7. The fourth-order valence-corrected chi connectivity index (χ4v) is 13.4. The molecule has 256 valence electrons. The van der Waals surface area contributed by atoms with Crippen LogP contribution in [0.5, 0.6) is 0 Å². The Bertz CT molecular complexity index is 1150. The summed E-state index contributed by atoms with van der Waals surface area (Å²) in [4.78, 5) is 12.0. The summed E-state index contributed by atoms with van der Waals surface area (Å²) in [6, 6.07) is 0. The molecule has 6 rings (SSSR count). The zero-order valence-corrected chi connectivity index (χ0v) is 29.1. The van der Waals surface area contributed by atoms with Gasteiger partial charge in [-0.25, -0.2) is 0 Å². The van der Waals surface area contributed by atoms with Crippen molar-refractivity contribution in [1.29, 1.82) is 0 Å². The summed E-state index contributed by atoms with van der Waals surface area (Å²) in [5, 5.41) is 30.9. The lowest BCUT2D eigenvalue weighted by molar-refractivity contribution is -0.283. The Morgan fingerprint density at radius 2 is 1.62 bits per heavy atom. The summed E-state index contributed by atoms with van der Waals surface area (Å²) in [6.45, 7) is 21.1. The fraction of sp³-hybridized carbons (Fsp3) is 0.921. The van der Waals surface area contributed by atoms with Crippen LogP contribution in [0.4, 0.5) is 0 Å². The van der Waals surface area contributed by atoms with Crippen molar-refractivity contribution >= 4 is 5.97 Å². The van der Waals surface area contributed by atoms with Gasteiger partial charge in [-0.2, -0.15) is 0 Å². The molecule has 45 heavy (non-hydrogen) atoms. The molecule has 6 fully saturated rings. The van der Waals surface area contributed by atoms with Crippen LogP contribution in [0.25, 0.3) is 0 Å². The topological polar surface area (TPSA) is 105 Å². The van der Waals surface area contributed by atoms with Crippen molar-refractivity contribution in [3.05, 3.63) is 12.2 Å². The first-order chi connectivity index (χ1) is 21.0. The van der Waals surface area contributed by atoms with E-state index in [1.165, 1.54) is 44.1 Å². The van der Waals surface area contributed by atoms with Crippen LogP contribution >= 0.6 is 0 Å². The van der Waals surface area contributed by atoms with Crippen LogP contribution in [-0.4, -0.2) is 65.2 Å². The first-order valence-corrected chi connectivity index (χ1v) is 18.1. The van der Waals surface area contributed by atoms with Gasteiger partial charge < -0.3 is 29.5 Å². The standard InChI is InChI=1S/C38H62O7/c1-22(2)24-11-16-38(21-43-23(3)40)18-17-36(7)25(32(24)38)9-10-29-35(6)14-13-30(34(4,5)28(35)12-15-37(29,36)8)44-26-19-31(41)45-27(20-39)33(26)42/h24-33,39,41-42H,1,9-21H2,2-8H3/t24-,25+,26+,27+,28-,29+,30?,31?,32+,33+,35-,36+,37+,38+/m0/s1. The van der Waals surface area contributed by atoms with Crippen molar-refractivity contribution in [1.82, 2.24) is 0 Å². The van der Waals surface area contributed by atoms with Crippen LogP contribution in [0.3, 0.4) is 0 Å². The number of hydrogen-bond acceptors (Lipinski definition) is 7. The number of carbonyl (C=O) groups is 1. The second kappa shape index (κ2) is 11.6. The van der Waals surface area contributed by atoms with Crippen molar-refractivity contribution in [3.8, 4) is 0 Å². The number of carbonyl (C=O) groups excluding carboxylic acids is 1. The second-order valence-electron chi connectivity index (χ2n) is 17.9. The minimum atomic E-state index is -1.04. The lowest BCUT2D eigenvalue weighted by atomic mass is 9.32. The van der Waals surface area contributed by atoms with Crippen molar-refractivity contribution in [2.75, 3.05) is 13.2 Å². The number of rotatable bonds is 6. The van der Waals surface area contributed by atoms with Crippen molar-refractivity contribution in [2.45, 2.75) is 150 Å². The summed E-state index contributed by atoms with van der Waals surface area (Å²) in [7, 11) is 0. The maximum absolute atomic E-state index is 12.0. The van der Waals surface area contributed by atoms with E-state index >= 15 is 0 Å². The highest BCUT2D eigenvalue weighted by atomic mass is 16.6. The maximum Gasteiger partial charge on any atom is 0.302 e. The molecule has 0 spiro atoms. The van der Waals surface area contributed by atoms with E-state index in [0.717, 1.165) is 25.7 Å². The lowest BCUT2D eigenvalue weighted by Gasteiger charge is -2.73. The smallest absolute Gasteiger partial charge is 0.302 e. The molecule has 1 aliphatic heterocycles. The monoisotopic (exact) mass is 630 g/mol. The molecule has 0 aromatic heterocycles. The molecular weight excluding hydrogens is 568 g/mol. The number of fused-ring (bicyclic) bond motifs is 7. The molecule has 0 aromatic carbocycles. The summed E-state index contributed by atoms with van der Waals surface area (Å²) in [5.74, 6) is 2.62. The van der Waals surface area contributed by atoms with E-state index in [0.29, 0.717) is 36.2 Å². The number of aliphatic hydroxyl groups excluding tert-OH is 3. The summed E-state index contributed by atoms with van der Waals surface area (Å²) in [6.07, 6.45) is 8.39. The number of hydrogen-bond donors (Lipinski definition) is 3. The Kier molecular flexibility index (Phi) is 8.71. The Labute approximate surface area is 271 Å². The fourth-order valence-electron chi connectivity index (χ4n) is 13.4. The van der Waals surface area contributed by atoms with Gasteiger partial charge in [-0.15, -0.1) is 0 Å². The van der Waals surface area contributed by atoms with Crippen LogP contribution in [0.2, 0.25) is 0 Å². The molecule has 5 saturated carbocycles. The van der Waals surface area contributed by atoms with E-state index in [1.54, 1.807) is 6.92 Å². The van der Waals surface area contributed by atoms with Crippen LogP contribution in [0, 0.1) is 56.7 Å². The van der Waals surface area contributed by atoms with Gasteiger partial charge in [0.05, 0.1) is 25.4 Å². The predicted molar refractivity (Wildman–Crippen MR) is 173 cm³/mol. The first kappa shape index (κ1) is 33.9. The van der Waals surface area contributed by atoms with Crippen LogP contribution in [-0.2, 0) is 19.0 Å². The normalized spacial score (nSPS) is 52.1. The molecule has 1 saturated heterocycles. The largest absolute Gasteiger partial charge is 0.465 e. The molecule has 1 heterocycles. The van der Waals surface area contributed by atoms with Gasteiger partial charge in [0.2, 0.25) is 0 Å². The summed E-state index contributed by atoms with van der Waals surface area (Å²) >= 11 is 0. The second-order valence-corrected chi connectivity index (χ2v) is 17.9. The molecule has 7 heteroatoms. The molecule has 7 nitrogen and oxygen atoms in total. The molecule has 14 atom stereocenters. The van der Waals surface area contributed by atoms with Gasteiger partial charge >= 0.3 is 5.97 Å². The number of aliphatic hydroxyl groups is 3. The molecule has 6 aliphatic rings. The highest BCUT2D eigenvalue weighted by Gasteiger charge is 2.71. The average molecular weight is 631 g/mol. The Balaban J connectivity index is 1.26. The molecule has 2 unspecified atom stereocenters. The minimum Gasteiger partial charge on any atom is -0.465 e. The molecule has 0 bridgehead atoms. The summed E-state index contributed by atoms with van der Waals surface area (Å²) < 4.78 is 17.9. The van der Waals surface area contributed by atoms with Gasteiger partial charge in [-0.05, 0) is 122 Å². The van der Waals surface area contributed by atoms with E-state index < -0.39 is 24.6 Å². The van der Waals surface area contributed by atoms with E-state index in [2.05, 4.69) is 48.1 Å².